The number of allylic oxidation sites excluding steroid dienone is 1. The fraction of sp³-hybridized carbons (Fsp3) is 0.111. The molecule has 0 atom stereocenters. The van der Waals surface area contributed by atoms with E-state index in [0.717, 1.165) is 17.0 Å². The van der Waals surface area contributed by atoms with E-state index in [1.54, 1.807) is 34.4 Å². The average molecular weight is 308 g/mol. The predicted octanol–water partition coefficient (Wildman–Crippen LogP) is 3.97. The lowest BCUT2D eigenvalue weighted by molar-refractivity contribution is 0.105. The lowest BCUT2D eigenvalue weighted by Gasteiger charge is -1.97. The van der Waals surface area contributed by atoms with Gasteiger partial charge in [0.15, 0.2) is 5.78 Å². The third-order valence-corrected chi connectivity index (χ3v) is 4.49. The van der Waals surface area contributed by atoms with Crippen LogP contribution in [0.5, 0.6) is 0 Å². The van der Waals surface area contributed by atoms with Gasteiger partial charge in [0.1, 0.15) is 0 Å². The minimum Gasteiger partial charge on any atom is -0.288 e. The Morgan fingerprint density at radius 1 is 1.18 bits per heavy atom. The van der Waals surface area contributed by atoms with Gasteiger partial charge >= 0.3 is 0 Å². The number of carbonyl (C=O) groups excluding carboxylic acids is 1. The van der Waals surface area contributed by atoms with Crippen molar-refractivity contribution in [3.8, 4) is 0 Å². The number of aromatic nitrogens is 2. The zero-order valence-electron chi connectivity index (χ0n) is 12.3. The second kappa shape index (κ2) is 6.54. The second-order valence-corrected chi connectivity index (χ2v) is 6.17. The van der Waals surface area contributed by atoms with E-state index in [2.05, 4.69) is 17.2 Å². The molecule has 22 heavy (non-hydrogen) atoms. The number of hydrogen-bond acceptors (Lipinski definition) is 3. The first-order valence-electron chi connectivity index (χ1n) is 7.05. The third kappa shape index (κ3) is 3.40. The highest BCUT2D eigenvalue weighted by Gasteiger charge is 2.07. The Morgan fingerprint density at radius 3 is 2.73 bits per heavy atom. The van der Waals surface area contributed by atoms with Crippen molar-refractivity contribution in [3.05, 3.63) is 81.8 Å². The van der Waals surface area contributed by atoms with Crippen LogP contribution in [-0.4, -0.2) is 15.6 Å². The van der Waals surface area contributed by atoms with E-state index in [0.29, 0.717) is 0 Å². The summed E-state index contributed by atoms with van der Waals surface area (Å²) in [4.78, 5) is 14.2. The normalized spacial score (nSPS) is 11.1. The Hall–Kier alpha value is -2.46. The van der Waals surface area contributed by atoms with E-state index < -0.39 is 0 Å². The summed E-state index contributed by atoms with van der Waals surface area (Å²) in [6.45, 7) is 0. The van der Waals surface area contributed by atoms with Gasteiger partial charge in [-0.25, -0.2) is 0 Å². The number of carbonyl (C=O) groups is 1. The lowest BCUT2D eigenvalue weighted by Crippen LogP contribution is -1.94. The number of rotatable bonds is 5. The van der Waals surface area contributed by atoms with Gasteiger partial charge in [0.25, 0.3) is 0 Å². The van der Waals surface area contributed by atoms with Crippen molar-refractivity contribution < 1.29 is 4.79 Å². The Bertz CT molecular complexity index is 799. The summed E-state index contributed by atoms with van der Waals surface area (Å²) in [5.41, 5.74) is 2.17. The highest BCUT2D eigenvalue weighted by Crippen LogP contribution is 2.21. The molecule has 0 radical (unpaired) electrons. The smallest absolute Gasteiger partial charge is 0.195 e. The summed E-state index contributed by atoms with van der Waals surface area (Å²) >= 11 is 1.55. The van der Waals surface area contributed by atoms with Crippen molar-refractivity contribution in [1.29, 1.82) is 0 Å². The lowest BCUT2D eigenvalue weighted by atomic mass is 10.1. The van der Waals surface area contributed by atoms with Gasteiger partial charge in [-0.3, -0.25) is 9.48 Å². The Morgan fingerprint density at radius 2 is 2.00 bits per heavy atom. The molecular weight excluding hydrogens is 292 g/mol. The minimum absolute atomic E-state index is 0.0329. The quantitative estimate of drug-likeness (QED) is 0.528. The SMILES string of the molecule is Cn1nccc1/C=C/C(=O)c1ccc(Cc2ccccc2)s1. The maximum atomic E-state index is 12.2. The molecule has 0 aliphatic rings. The molecule has 3 aromatic rings. The molecule has 0 unspecified atom stereocenters. The monoisotopic (exact) mass is 308 g/mol. The molecule has 4 heteroatoms. The van der Waals surface area contributed by atoms with Crippen LogP contribution in [0.2, 0.25) is 0 Å². The largest absolute Gasteiger partial charge is 0.288 e. The highest BCUT2D eigenvalue weighted by atomic mass is 32.1. The van der Waals surface area contributed by atoms with Crippen molar-refractivity contribution in [2.75, 3.05) is 0 Å². The maximum absolute atomic E-state index is 12.2. The molecule has 2 heterocycles. The molecule has 0 aliphatic heterocycles. The van der Waals surface area contributed by atoms with Gasteiger partial charge in [-0.05, 0) is 35.9 Å². The highest BCUT2D eigenvalue weighted by molar-refractivity contribution is 7.14. The first-order valence-corrected chi connectivity index (χ1v) is 7.87. The molecule has 3 nitrogen and oxygen atoms in total. The van der Waals surface area contributed by atoms with Crippen molar-refractivity contribution >= 4 is 23.2 Å². The van der Waals surface area contributed by atoms with Crippen molar-refractivity contribution in [3.63, 3.8) is 0 Å². The summed E-state index contributed by atoms with van der Waals surface area (Å²) in [5.74, 6) is 0.0329. The van der Waals surface area contributed by atoms with Crippen LogP contribution >= 0.6 is 11.3 Å². The van der Waals surface area contributed by atoms with Gasteiger partial charge in [0.05, 0.1) is 10.6 Å². The molecule has 0 fully saturated rings. The van der Waals surface area contributed by atoms with Crippen molar-refractivity contribution in [1.82, 2.24) is 9.78 Å². The Kier molecular flexibility index (Phi) is 4.30. The third-order valence-electron chi connectivity index (χ3n) is 3.39. The number of nitrogens with zero attached hydrogens (tertiary/aromatic N) is 2. The number of aryl methyl sites for hydroxylation is 1. The molecule has 0 aliphatic carbocycles. The van der Waals surface area contributed by atoms with E-state index in [1.165, 1.54) is 10.4 Å². The molecule has 0 saturated heterocycles. The van der Waals surface area contributed by atoms with E-state index in [4.69, 9.17) is 0 Å². The first kappa shape index (κ1) is 14.5. The van der Waals surface area contributed by atoms with E-state index in [-0.39, 0.29) is 5.78 Å². The molecule has 2 aromatic heterocycles. The second-order valence-electron chi connectivity index (χ2n) is 5.01. The van der Waals surface area contributed by atoms with Crippen molar-refractivity contribution in [2.45, 2.75) is 6.42 Å². The van der Waals surface area contributed by atoms with Crippen LogP contribution in [0.25, 0.3) is 6.08 Å². The predicted molar refractivity (Wildman–Crippen MR) is 90.1 cm³/mol. The Labute approximate surface area is 133 Å². The van der Waals surface area contributed by atoms with Gasteiger partial charge in [0, 0.05) is 24.5 Å². The molecule has 0 saturated carbocycles. The average Bonchev–Trinajstić information content (AvgIpc) is 3.15. The summed E-state index contributed by atoms with van der Waals surface area (Å²) in [5, 5.41) is 4.07. The summed E-state index contributed by atoms with van der Waals surface area (Å²) in [6, 6.07) is 16.1. The van der Waals surface area contributed by atoms with E-state index >= 15 is 0 Å². The number of hydrogen-bond donors (Lipinski definition) is 0. The van der Waals surface area contributed by atoms with Crippen LogP contribution in [0.4, 0.5) is 0 Å². The molecule has 110 valence electrons. The number of ketones is 1. The summed E-state index contributed by atoms with van der Waals surface area (Å²) < 4.78 is 1.74. The molecule has 0 spiro atoms. The van der Waals surface area contributed by atoms with Gasteiger partial charge in [-0.1, -0.05) is 30.3 Å². The molecule has 3 rings (SSSR count). The Balaban J connectivity index is 1.69. The minimum atomic E-state index is 0.0329. The van der Waals surface area contributed by atoms with Gasteiger partial charge in [-0.2, -0.15) is 5.10 Å². The zero-order chi connectivity index (χ0) is 15.4. The number of thiophene rings is 1. The topological polar surface area (TPSA) is 34.9 Å². The molecule has 0 amide bonds. The van der Waals surface area contributed by atoms with Crippen LogP contribution < -0.4 is 0 Å². The fourth-order valence-corrected chi connectivity index (χ4v) is 3.16. The van der Waals surface area contributed by atoms with E-state index in [9.17, 15) is 4.79 Å². The van der Waals surface area contributed by atoms with Crippen LogP contribution in [0, 0.1) is 0 Å². The van der Waals surface area contributed by atoms with Crippen molar-refractivity contribution in [2.24, 2.45) is 7.05 Å². The van der Waals surface area contributed by atoms with Gasteiger partial charge in [0.2, 0.25) is 0 Å². The molecule has 1 aromatic carbocycles. The van der Waals surface area contributed by atoms with Crippen LogP contribution in [0.3, 0.4) is 0 Å². The van der Waals surface area contributed by atoms with Crippen LogP contribution in [-0.2, 0) is 13.5 Å². The van der Waals surface area contributed by atoms with Gasteiger partial charge < -0.3 is 0 Å². The zero-order valence-corrected chi connectivity index (χ0v) is 13.1. The standard InChI is InChI=1S/C18H16N2OS/c1-20-15(11-12-19-20)7-9-17(21)18-10-8-16(22-18)13-14-5-3-2-4-6-14/h2-12H,13H2,1H3/b9-7+. The molecular formula is C18H16N2OS. The number of benzene rings is 1. The van der Waals surface area contributed by atoms with Crippen LogP contribution in [0.1, 0.15) is 25.8 Å². The summed E-state index contributed by atoms with van der Waals surface area (Å²) in [7, 11) is 1.85. The summed E-state index contributed by atoms with van der Waals surface area (Å²) in [6.07, 6.45) is 5.98. The first-order chi connectivity index (χ1) is 10.7. The van der Waals surface area contributed by atoms with Crippen LogP contribution in [0.15, 0.2) is 60.8 Å². The maximum Gasteiger partial charge on any atom is 0.195 e. The molecule has 0 bridgehead atoms. The van der Waals surface area contributed by atoms with E-state index in [1.807, 2.05) is 43.4 Å². The fourth-order valence-electron chi connectivity index (χ4n) is 2.19. The molecule has 0 N–H and O–H groups in total. The van der Waals surface area contributed by atoms with Gasteiger partial charge in [-0.15, -0.1) is 11.3 Å².